The van der Waals surface area contributed by atoms with E-state index in [9.17, 15) is 4.79 Å². The van der Waals surface area contributed by atoms with Crippen molar-refractivity contribution in [1.82, 2.24) is 9.78 Å². The molecule has 0 radical (unpaired) electrons. The molecule has 0 atom stereocenters. The lowest BCUT2D eigenvalue weighted by atomic mass is 10.3. The summed E-state index contributed by atoms with van der Waals surface area (Å²) >= 11 is 1.74. The van der Waals surface area contributed by atoms with Gasteiger partial charge in [-0.3, -0.25) is 9.48 Å². The van der Waals surface area contributed by atoms with Crippen molar-refractivity contribution in [1.29, 1.82) is 0 Å². The first-order valence-corrected chi connectivity index (χ1v) is 5.74. The molecule has 0 spiro atoms. The summed E-state index contributed by atoms with van der Waals surface area (Å²) in [6.07, 6.45) is 1.35. The molecule has 0 saturated carbocycles. The van der Waals surface area contributed by atoms with Crippen LogP contribution >= 0.6 is 11.8 Å². The van der Waals surface area contributed by atoms with Crippen LogP contribution in [0.5, 0.6) is 0 Å². The molecule has 1 aliphatic rings. The molecule has 1 aliphatic heterocycles. The van der Waals surface area contributed by atoms with Gasteiger partial charge in [0.15, 0.2) is 0 Å². The first kappa shape index (κ1) is 10.3. The van der Waals surface area contributed by atoms with Gasteiger partial charge in [-0.05, 0) is 13.0 Å². The van der Waals surface area contributed by atoms with Crippen LogP contribution in [0.15, 0.2) is 17.7 Å². The number of hydrogen-bond acceptors (Lipinski definition) is 3. The summed E-state index contributed by atoms with van der Waals surface area (Å²) in [5, 5.41) is 5.39. The molecule has 80 valence electrons. The van der Waals surface area contributed by atoms with Gasteiger partial charge >= 0.3 is 0 Å². The van der Waals surface area contributed by atoms with Crippen LogP contribution in [0.4, 0.5) is 5.69 Å². The Labute approximate surface area is 92.9 Å². The van der Waals surface area contributed by atoms with Crippen LogP contribution < -0.4 is 4.90 Å². The van der Waals surface area contributed by atoms with E-state index < -0.39 is 0 Å². The Hall–Kier alpha value is -1.23. The minimum absolute atomic E-state index is 0.0485. The summed E-state index contributed by atoms with van der Waals surface area (Å²) in [6.45, 7) is 6.18. The summed E-state index contributed by atoms with van der Waals surface area (Å²) < 4.78 is 1.83. The number of carbonyl (C=O) groups is 1. The molecule has 0 fully saturated rings. The monoisotopic (exact) mass is 223 g/mol. The predicted molar refractivity (Wildman–Crippen MR) is 61.2 cm³/mol. The standard InChI is InChI=1S/C10H13N3OS/c1-4-8(14)13-5-6-15-10-9(13)7(2)11-12(10)3/h4H,1,5-6H2,2-3H3. The van der Waals surface area contributed by atoms with Crippen LogP contribution in [0.2, 0.25) is 0 Å². The van der Waals surface area contributed by atoms with Crippen molar-refractivity contribution in [2.24, 2.45) is 7.05 Å². The Kier molecular flexibility index (Phi) is 2.56. The number of carbonyl (C=O) groups excluding carboxylic acids is 1. The van der Waals surface area contributed by atoms with Gasteiger partial charge in [-0.1, -0.05) is 6.58 Å². The molecular weight excluding hydrogens is 210 g/mol. The predicted octanol–water partition coefficient (Wildman–Crippen LogP) is 1.35. The van der Waals surface area contributed by atoms with E-state index in [0.717, 1.165) is 28.7 Å². The molecule has 1 aromatic heterocycles. The maximum absolute atomic E-state index is 11.7. The van der Waals surface area contributed by atoms with Gasteiger partial charge in [-0.15, -0.1) is 11.8 Å². The molecule has 0 unspecified atom stereocenters. The highest BCUT2D eigenvalue weighted by molar-refractivity contribution is 7.99. The molecule has 5 heteroatoms. The molecule has 1 amide bonds. The van der Waals surface area contributed by atoms with E-state index in [1.165, 1.54) is 6.08 Å². The number of amides is 1. The van der Waals surface area contributed by atoms with Crippen molar-refractivity contribution in [3.05, 3.63) is 18.3 Å². The fraction of sp³-hybridized carbons (Fsp3) is 0.400. The van der Waals surface area contributed by atoms with Gasteiger partial charge in [-0.2, -0.15) is 5.10 Å². The normalized spacial score (nSPS) is 14.9. The number of hydrogen-bond donors (Lipinski definition) is 0. The second-order valence-electron chi connectivity index (χ2n) is 3.41. The number of fused-ring (bicyclic) bond motifs is 1. The number of rotatable bonds is 1. The molecule has 0 saturated heterocycles. The summed E-state index contributed by atoms with van der Waals surface area (Å²) in [6, 6.07) is 0. The van der Waals surface area contributed by atoms with Crippen molar-refractivity contribution < 1.29 is 4.79 Å². The Morgan fingerprint density at radius 2 is 2.40 bits per heavy atom. The third kappa shape index (κ3) is 1.56. The van der Waals surface area contributed by atoms with Crippen molar-refractivity contribution in [2.45, 2.75) is 11.9 Å². The molecule has 1 aromatic rings. The van der Waals surface area contributed by atoms with Crippen molar-refractivity contribution >= 4 is 23.4 Å². The van der Waals surface area contributed by atoms with E-state index >= 15 is 0 Å². The van der Waals surface area contributed by atoms with Gasteiger partial charge in [0, 0.05) is 19.3 Å². The minimum Gasteiger partial charge on any atom is -0.304 e. The lowest BCUT2D eigenvalue weighted by Gasteiger charge is -2.26. The second kappa shape index (κ2) is 3.73. The first-order valence-electron chi connectivity index (χ1n) is 4.75. The molecule has 2 heterocycles. The van der Waals surface area contributed by atoms with E-state index in [2.05, 4.69) is 11.7 Å². The Morgan fingerprint density at radius 1 is 1.67 bits per heavy atom. The highest BCUT2D eigenvalue weighted by Crippen LogP contribution is 2.36. The largest absolute Gasteiger partial charge is 0.304 e. The molecule has 0 N–H and O–H groups in total. The fourth-order valence-corrected chi connectivity index (χ4v) is 2.86. The van der Waals surface area contributed by atoms with Crippen LogP contribution in [0.25, 0.3) is 0 Å². The van der Waals surface area contributed by atoms with E-state index in [-0.39, 0.29) is 5.91 Å². The molecular formula is C10H13N3OS. The van der Waals surface area contributed by atoms with Crippen LogP contribution in [-0.2, 0) is 11.8 Å². The molecule has 2 rings (SSSR count). The fourth-order valence-electron chi connectivity index (χ4n) is 1.77. The summed E-state index contributed by atoms with van der Waals surface area (Å²) in [5.74, 6) is 0.860. The topological polar surface area (TPSA) is 38.1 Å². The van der Waals surface area contributed by atoms with Crippen molar-refractivity contribution in [3.8, 4) is 0 Å². The first-order chi connectivity index (χ1) is 7.15. The van der Waals surface area contributed by atoms with E-state index in [4.69, 9.17) is 0 Å². The lowest BCUT2D eigenvalue weighted by Crippen LogP contribution is -2.34. The zero-order valence-electron chi connectivity index (χ0n) is 8.86. The molecule has 4 nitrogen and oxygen atoms in total. The number of nitrogens with zero attached hydrogens (tertiary/aromatic N) is 3. The third-order valence-corrected chi connectivity index (χ3v) is 3.52. The smallest absolute Gasteiger partial charge is 0.250 e. The van der Waals surface area contributed by atoms with Gasteiger partial charge in [-0.25, -0.2) is 0 Å². The van der Waals surface area contributed by atoms with E-state index in [1.54, 1.807) is 16.7 Å². The minimum atomic E-state index is -0.0485. The average molecular weight is 223 g/mol. The number of anilines is 1. The van der Waals surface area contributed by atoms with Crippen molar-refractivity contribution in [3.63, 3.8) is 0 Å². The highest BCUT2D eigenvalue weighted by atomic mass is 32.2. The number of thioether (sulfide) groups is 1. The Morgan fingerprint density at radius 3 is 3.07 bits per heavy atom. The average Bonchev–Trinajstić information content (AvgIpc) is 2.54. The lowest BCUT2D eigenvalue weighted by molar-refractivity contribution is -0.114. The third-order valence-electron chi connectivity index (χ3n) is 2.40. The zero-order valence-corrected chi connectivity index (χ0v) is 9.67. The van der Waals surface area contributed by atoms with Gasteiger partial charge in [0.05, 0.1) is 11.4 Å². The quantitative estimate of drug-likeness (QED) is 0.675. The van der Waals surface area contributed by atoms with Crippen LogP contribution in [0.3, 0.4) is 0 Å². The van der Waals surface area contributed by atoms with Crippen LogP contribution in [0, 0.1) is 6.92 Å². The zero-order chi connectivity index (χ0) is 11.0. The van der Waals surface area contributed by atoms with Gasteiger partial charge in [0.1, 0.15) is 5.03 Å². The molecule has 0 aromatic carbocycles. The molecule has 15 heavy (non-hydrogen) atoms. The Bertz CT molecular complexity index is 425. The summed E-state index contributed by atoms with van der Waals surface area (Å²) in [7, 11) is 1.90. The van der Waals surface area contributed by atoms with E-state index in [0.29, 0.717) is 0 Å². The maximum Gasteiger partial charge on any atom is 0.250 e. The second-order valence-corrected chi connectivity index (χ2v) is 4.49. The van der Waals surface area contributed by atoms with Crippen LogP contribution in [-0.4, -0.2) is 28.0 Å². The molecule has 0 bridgehead atoms. The number of aromatic nitrogens is 2. The van der Waals surface area contributed by atoms with E-state index in [1.807, 2.05) is 18.7 Å². The van der Waals surface area contributed by atoms with Crippen LogP contribution in [0.1, 0.15) is 5.69 Å². The summed E-state index contributed by atoms with van der Waals surface area (Å²) in [5.41, 5.74) is 1.84. The summed E-state index contributed by atoms with van der Waals surface area (Å²) in [4.78, 5) is 13.4. The molecule has 0 aliphatic carbocycles. The number of aryl methyl sites for hydroxylation is 2. The van der Waals surface area contributed by atoms with Crippen molar-refractivity contribution in [2.75, 3.05) is 17.2 Å². The Balaban J connectivity index is 2.50. The van der Waals surface area contributed by atoms with Gasteiger partial charge < -0.3 is 4.90 Å². The SMILES string of the molecule is C=CC(=O)N1CCSc2c1c(C)nn2C. The van der Waals surface area contributed by atoms with Gasteiger partial charge in [0.25, 0.3) is 5.91 Å². The highest BCUT2D eigenvalue weighted by Gasteiger charge is 2.26. The maximum atomic E-state index is 11.7. The van der Waals surface area contributed by atoms with Gasteiger partial charge in [0.2, 0.25) is 0 Å².